The van der Waals surface area contributed by atoms with Crippen LogP contribution in [0.3, 0.4) is 0 Å². The van der Waals surface area contributed by atoms with Crippen molar-refractivity contribution >= 4 is 20.1 Å². The van der Waals surface area contributed by atoms with Crippen molar-refractivity contribution in [1.82, 2.24) is 4.57 Å². The SMILES string of the molecule is C=Cc1cc(C(=O)OC)cn(COCC[Si](C)(C)C)c1=O. The normalized spacial score (nSPS) is 11.2. The second-order valence-electron chi connectivity index (χ2n) is 6.00. The van der Waals surface area contributed by atoms with Crippen LogP contribution in [0.1, 0.15) is 15.9 Å². The number of hydrogen-bond acceptors (Lipinski definition) is 4. The summed E-state index contributed by atoms with van der Waals surface area (Å²) in [5.41, 5.74) is 0.429. The maximum atomic E-state index is 12.1. The van der Waals surface area contributed by atoms with E-state index in [4.69, 9.17) is 4.74 Å². The van der Waals surface area contributed by atoms with E-state index in [1.165, 1.54) is 30.0 Å². The first-order valence-corrected chi connectivity index (χ1v) is 10.5. The largest absolute Gasteiger partial charge is 0.465 e. The molecule has 0 N–H and O–H groups in total. The van der Waals surface area contributed by atoms with Crippen molar-refractivity contribution in [3.8, 4) is 0 Å². The minimum atomic E-state index is -1.16. The Balaban J connectivity index is 2.88. The highest BCUT2D eigenvalue weighted by Crippen LogP contribution is 2.08. The van der Waals surface area contributed by atoms with Crippen molar-refractivity contribution in [1.29, 1.82) is 0 Å². The van der Waals surface area contributed by atoms with E-state index in [-0.39, 0.29) is 12.3 Å². The molecule has 0 aliphatic rings. The van der Waals surface area contributed by atoms with E-state index in [0.29, 0.717) is 17.7 Å². The van der Waals surface area contributed by atoms with Crippen molar-refractivity contribution in [3.05, 3.63) is 40.3 Å². The summed E-state index contributed by atoms with van der Waals surface area (Å²) in [6.45, 7) is 11.1. The second kappa shape index (κ2) is 7.38. The second-order valence-corrected chi connectivity index (χ2v) is 11.6. The van der Waals surface area contributed by atoms with Crippen LogP contribution in [0, 0.1) is 0 Å². The van der Waals surface area contributed by atoms with Gasteiger partial charge in [-0.1, -0.05) is 32.3 Å². The summed E-state index contributed by atoms with van der Waals surface area (Å²) in [4.78, 5) is 23.7. The molecule has 0 aromatic carbocycles. The number of ether oxygens (including phenoxy) is 2. The van der Waals surface area contributed by atoms with Crippen LogP contribution < -0.4 is 5.56 Å². The third kappa shape index (κ3) is 5.32. The van der Waals surface area contributed by atoms with Crippen LogP contribution in [0.4, 0.5) is 0 Å². The summed E-state index contributed by atoms with van der Waals surface area (Å²) in [7, 11) is 0.137. The predicted octanol–water partition coefficient (Wildman–Crippen LogP) is 2.59. The standard InChI is InChI=1S/C15H23NO4Si/c1-6-12-9-13(15(18)19-2)10-16(14(12)17)11-20-7-8-21(3,4)5/h6,9-10H,1,7-8,11H2,2-5H3. The molecule has 0 saturated heterocycles. The molecule has 1 heterocycles. The Labute approximate surface area is 126 Å². The number of esters is 1. The smallest absolute Gasteiger partial charge is 0.339 e. The zero-order valence-corrected chi connectivity index (χ0v) is 14.1. The lowest BCUT2D eigenvalue weighted by Crippen LogP contribution is -2.26. The van der Waals surface area contributed by atoms with E-state index >= 15 is 0 Å². The van der Waals surface area contributed by atoms with E-state index in [1.807, 2.05) is 0 Å². The molecule has 0 unspecified atom stereocenters. The number of pyridine rings is 1. The summed E-state index contributed by atoms with van der Waals surface area (Å²) in [5, 5.41) is 0. The van der Waals surface area contributed by atoms with Gasteiger partial charge in [0.05, 0.1) is 12.7 Å². The van der Waals surface area contributed by atoms with Gasteiger partial charge in [0, 0.05) is 26.4 Å². The summed E-state index contributed by atoms with van der Waals surface area (Å²) >= 11 is 0. The molecular weight excluding hydrogens is 286 g/mol. The molecule has 0 spiro atoms. The van der Waals surface area contributed by atoms with Crippen LogP contribution in [0.5, 0.6) is 0 Å². The molecule has 5 nitrogen and oxygen atoms in total. The predicted molar refractivity (Wildman–Crippen MR) is 86.2 cm³/mol. The molecule has 0 saturated carbocycles. The topological polar surface area (TPSA) is 57.5 Å². The number of hydrogen-bond donors (Lipinski definition) is 0. The van der Waals surface area contributed by atoms with Gasteiger partial charge in [0.15, 0.2) is 0 Å². The van der Waals surface area contributed by atoms with Gasteiger partial charge in [0.2, 0.25) is 0 Å². The number of methoxy groups -OCH3 is 1. The zero-order valence-electron chi connectivity index (χ0n) is 13.1. The first-order valence-electron chi connectivity index (χ1n) is 6.81. The van der Waals surface area contributed by atoms with Gasteiger partial charge in [0.25, 0.3) is 5.56 Å². The molecular formula is C15H23NO4Si. The molecule has 1 rings (SSSR count). The van der Waals surface area contributed by atoms with Gasteiger partial charge in [-0.25, -0.2) is 4.79 Å². The first kappa shape index (κ1) is 17.4. The van der Waals surface area contributed by atoms with Gasteiger partial charge >= 0.3 is 5.97 Å². The van der Waals surface area contributed by atoms with Gasteiger partial charge in [-0.2, -0.15) is 0 Å². The van der Waals surface area contributed by atoms with E-state index in [2.05, 4.69) is 31.0 Å². The molecule has 6 heteroatoms. The molecule has 21 heavy (non-hydrogen) atoms. The van der Waals surface area contributed by atoms with Crippen LogP contribution in [0.2, 0.25) is 25.7 Å². The molecule has 0 aliphatic carbocycles. The fourth-order valence-electron chi connectivity index (χ4n) is 1.67. The van der Waals surface area contributed by atoms with Crippen molar-refractivity contribution in [2.45, 2.75) is 32.4 Å². The lowest BCUT2D eigenvalue weighted by molar-refractivity contribution is 0.0595. The van der Waals surface area contributed by atoms with E-state index in [0.717, 1.165) is 6.04 Å². The van der Waals surface area contributed by atoms with Gasteiger partial charge in [-0.05, 0) is 12.1 Å². The minimum Gasteiger partial charge on any atom is -0.465 e. The zero-order chi connectivity index (χ0) is 16.0. The summed E-state index contributed by atoms with van der Waals surface area (Å²) in [5.74, 6) is -0.492. The van der Waals surface area contributed by atoms with Crippen LogP contribution in [0.25, 0.3) is 6.08 Å². The Morgan fingerprint density at radius 3 is 2.62 bits per heavy atom. The summed E-state index contributed by atoms with van der Waals surface area (Å²) in [6, 6.07) is 2.49. The van der Waals surface area contributed by atoms with Crippen LogP contribution in [-0.2, 0) is 16.2 Å². The number of rotatable bonds is 7. The molecule has 0 bridgehead atoms. The average molecular weight is 309 g/mol. The molecule has 0 radical (unpaired) electrons. The third-order valence-corrected chi connectivity index (χ3v) is 4.69. The average Bonchev–Trinajstić information content (AvgIpc) is 2.43. The Bertz CT molecular complexity index is 572. The lowest BCUT2D eigenvalue weighted by atomic mass is 10.2. The van der Waals surface area contributed by atoms with Crippen molar-refractivity contribution in [2.24, 2.45) is 0 Å². The highest BCUT2D eigenvalue weighted by Gasteiger charge is 2.13. The fourth-order valence-corrected chi connectivity index (χ4v) is 2.43. The Hall–Kier alpha value is -1.66. The third-order valence-electron chi connectivity index (χ3n) is 2.98. The van der Waals surface area contributed by atoms with E-state index in [9.17, 15) is 9.59 Å². The quantitative estimate of drug-likeness (QED) is 0.441. The van der Waals surface area contributed by atoms with Gasteiger partial charge < -0.3 is 9.47 Å². The highest BCUT2D eigenvalue weighted by atomic mass is 28.3. The van der Waals surface area contributed by atoms with Crippen LogP contribution >= 0.6 is 0 Å². The van der Waals surface area contributed by atoms with Crippen molar-refractivity contribution in [3.63, 3.8) is 0 Å². The van der Waals surface area contributed by atoms with Gasteiger partial charge in [0.1, 0.15) is 6.73 Å². The van der Waals surface area contributed by atoms with E-state index in [1.54, 1.807) is 0 Å². The minimum absolute atomic E-state index is 0.120. The van der Waals surface area contributed by atoms with Crippen molar-refractivity contribution in [2.75, 3.05) is 13.7 Å². The van der Waals surface area contributed by atoms with Gasteiger partial charge in [-0.15, -0.1) is 0 Å². The number of carbonyl (C=O) groups excluding carboxylic acids is 1. The molecule has 0 atom stereocenters. The van der Waals surface area contributed by atoms with E-state index < -0.39 is 14.0 Å². The Morgan fingerprint density at radius 2 is 2.10 bits per heavy atom. The number of nitrogens with zero attached hydrogens (tertiary/aromatic N) is 1. The van der Waals surface area contributed by atoms with Gasteiger partial charge in [-0.3, -0.25) is 9.36 Å². The number of aromatic nitrogens is 1. The van der Waals surface area contributed by atoms with Crippen molar-refractivity contribution < 1.29 is 14.3 Å². The Kier molecular flexibility index (Phi) is 6.11. The van der Waals surface area contributed by atoms with Crippen LogP contribution in [0.15, 0.2) is 23.6 Å². The maximum absolute atomic E-state index is 12.1. The summed E-state index contributed by atoms with van der Waals surface area (Å²) < 4.78 is 11.6. The molecule has 1 aromatic rings. The highest BCUT2D eigenvalue weighted by molar-refractivity contribution is 6.76. The summed E-state index contributed by atoms with van der Waals surface area (Å²) in [6.07, 6.45) is 2.88. The monoisotopic (exact) mass is 309 g/mol. The molecule has 116 valence electrons. The van der Waals surface area contributed by atoms with Crippen LogP contribution in [-0.4, -0.2) is 32.3 Å². The first-order chi connectivity index (χ1) is 9.78. The molecule has 1 aromatic heterocycles. The molecule has 0 aliphatic heterocycles. The number of carbonyl (C=O) groups is 1. The molecule has 0 fully saturated rings. The maximum Gasteiger partial charge on any atom is 0.339 e. The lowest BCUT2D eigenvalue weighted by Gasteiger charge is -2.16. The molecule has 0 amide bonds. The fraction of sp³-hybridized carbons (Fsp3) is 0.467. The Morgan fingerprint density at radius 1 is 1.43 bits per heavy atom.